The number of carbonyl (C=O) groups is 2. The molecule has 2 heterocycles. The second-order valence-electron chi connectivity index (χ2n) is 8.36. The normalized spacial score (nSPS) is 14.9. The molecule has 0 spiro atoms. The number of amides is 2. The standard InChI is InChI=1S/C24H27ClN4O3/c1-15(32-3)10-26-23(30)20-8-9-22-21(16(20)2)14-29(27-22)13-17-11-28(12-17)24(31)18-4-6-19(25)7-5-18/h4-9,14-15,17H,10-13H2,1-3H3,(H,26,30). The van der Waals surface area contributed by atoms with E-state index in [0.29, 0.717) is 41.7 Å². The lowest BCUT2D eigenvalue weighted by Crippen LogP contribution is -2.51. The molecule has 1 atom stereocenters. The van der Waals surface area contributed by atoms with E-state index in [0.717, 1.165) is 23.0 Å². The molecule has 0 aliphatic carbocycles. The maximum absolute atomic E-state index is 12.6. The van der Waals surface area contributed by atoms with Gasteiger partial charge in [0, 0.05) is 66.9 Å². The van der Waals surface area contributed by atoms with E-state index < -0.39 is 0 Å². The van der Waals surface area contributed by atoms with E-state index in [1.54, 1.807) is 31.4 Å². The molecule has 1 N–H and O–H groups in total. The molecule has 1 aliphatic heterocycles. The van der Waals surface area contributed by atoms with Crippen molar-refractivity contribution >= 4 is 34.3 Å². The molecule has 8 heteroatoms. The Hall–Kier alpha value is -2.90. The zero-order chi connectivity index (χ0) is 22.8. The van der Waals surface area contributed by atoms with Crippen molar-refractivity contribution in [1.29, 1.82) is 0 Å². The first-order valence-electron chi connectivity index (χ1n) is 10.7. The second kappa shape index (κ2) is 9.30. The summed E-state index contributed by atoms with van der Waals surface area (Å²) in [6.45, 7) is 6.43. The number of hydrogen-bond acceptors (Lipinski definition) is 4. The Morgan fingerprint density at radius 2 is 1.94 bits per heavy atom. The van der Waals surface area contributed by atoms with Gasteiger partial charge >= 0.3 is 0 Å². The summed E-state index contributed by atoms with van der Waals surface area (Å²) in [5.41, 5.74) is 3.06. The van der Waals surface area contributed by atoms with Crippen LogP contribution in [0.25, 0.3) is 10.9 Å². The van der Waals surface area contributed by atoms with Crippen LogP contribution in [0.2, 0.25) is 5.02 Å². The van der Waals surface area contributed by atoms with E-state index >= 15 is 0 Å². The van der Waals surface area contributed by atoms with E-state index in [-0.39, 0.29) is 17.9 Å². The summed E-state index contributed by atoms with van der Waals surface area (Å²) in [4.78, 5) is 27.0. The molecule has 1 fully saturated rings. The van der Waals surface area contributed by atoms with Gasteiger partial charge in [-0.1, -0.05) is 11.6 Å². The number of nitrogens with one attached hydrogen (secondary N) is 1. The fourth-order valence-corrected chi connectivity index (χ4v) is 4.05. The lowest BCUT2D eigenvalue weighted by Gasteiger charge is -2.39. The number of nitrogens with zero attached hydrogens (tertiary/aromatic N) is 3. The van der Waals surface area contributed by atoms with Gasteiger partial charge in [0.2, 0.25) is 0 Å². The smallest absolute Gasteiger partial charge is 0.253 e. The average Bonchev–Trinajstić information content (AvgIpc) is 3.18. The number of rotatable bonds is 7. The first-order chi connectivity index (χ1) is 15.4. The zero-order valence-corrected chi connectivity index (χ0v) is 19.2. The predicted octanol–water partition coefficient (Wildman–Crippen LogP) is 3.54. The van der Waals surface area contributed by atoms with E-state index in [9.17, 15) is 9.59 Å². The average molecular weight is 455 g/mol. The molecule has 7 nitrogen and oxygen atoms in total. The molecule has 2 amide bonds. The molecule has 2 aromatic carbocycles. The van der Waals surface area contributed by atoms with Gasteiger partial charge in [-0.3, -0.25) is 14.3 Å². The van der Waals surface area contributed by atoms with Crippen LogP contribution in [0.15, 0.2) is 42.6 Å². The van der Waals surface area contributed by atoms with Crippen LogP contribution >= 0.6 is 11.6 Å². The molecule has 168 valence electrons. The molecule has 1 aliphatic rings. The second-order valence-corrected chi connectivity index (χ2v) is 8.80. The fraction of sp³-hybridized carbons (Fsp3) is 0.375. The van der Waals surface area contributed by atoms with Crippen molar-refractivity contribution in [3.05, 3.63) is 64.3 Å². The molecule has 1 aromatic heterocycles. The van der Waals surface area contributed by atoms with Crippen LogP contribution in [-0.2, 0) is 11.3 Å². The summed E-state index contributed by atoms with van der Waals surface area (Å²) in [6.07, 6.45) is 1.95. The summed E-state index contributed by atoms with van der Waals surface area (Å²) >= 11 is 5.90. The van der Waals surface area contributed by atoms with E-state index in [2.05, 4.69) is 10.4 Å². The van der Waals surface area contributed by atoms with Crippen LogP contribution in [0.5, 0.6) is 0 Å². The highest BCUT2D eigenvalue weighted by molar-refractivity contribution is 6.30. The van der Waals surface area contributed by atoms with E-state index in [1.165, 1.54) is 0 Å². The van der Waals surface area contributed by atoms with Crippen LogP contribution in [0, 0.1) is 12.8 Å². The molecule has 3 aromatic rings. The third-order valence-corrected chi connectivity index (χ3v) is 6.24. The summed E-state index contributed by atoms with van der Waals surface area (Å²) in [6, 6.07) is 10.7. The topological polar surface area (TPSA) is 76.5 Å². The first-order valence-corrected chi connectivity index (χ1v) is 11.1. The number of benzene rings is 2. The molecule has 4 rings (SSSR count). The van der Waals surface area contributed by atoms with Crippen molar-refractivity contribution in [3.8, 4) is 0 Å². The summed E-state index contributed by atoms with van der Waals surface area (Å²) in [5.74, 6) is 0.258. The van der Waals surface area contributed by atoms with Gasteiger partial charge in [0.15, 0.2) is 0 Å². The maximum Gasteiger partial charge on any atom is 0.253 e. The molecule has 0 radical (unpaired) electrons. The molecule has 1 saturated heterocycles. The number of ether oxygens (including phenoxy) is 1. The number of halogens is 1. The van der Waals surface area contributed by atoms with Crippen LogP contribution < -0.4 is 5.32 Å². The number of carbonyl (C=O) groups excluding carboxylic acids is 2. The fourth-order valence-electron chi connectivity index (χ4n) is 3.93. The van der Waals surface area contributed by atoms with Crippen molar-refractivity contribution in [3.63, 3.8) is 0 Å². The van der Waals surface area contributed by atoms with Crippen LogP contribution in [0.4, 0.5) is 0 Å². The highest BCUT2D eigenvalue weighted by atomic mass is 35.5. The van der Waals surface area contributed by atoms with Gasteiger partial charge in [0.25, 0.3) is 11.8 Å². The minimum atomic E-state index is -0.114. The number of aromatic nitrogens is 2. The summed E-state index contributed by atoms with van der Waals surface area (Å²) < 4.78 is 7.11. The Morgan fingerprint density at radius 3 is 2.62 bits per heavy atom. The zero-order valence-electron chi connectivity index (χ0n) is 18.5. The van der Waals surface area contributed by atoms with Crippen LogP contribution in [0.3, 0.4) is 0 Å². The van der Waals surface area contributed by atoms with Crippen molar-refractivity contribution in [2.24, 2.45) is 5.92 Å². The van der Waals surface area contributed by atoms with Gasteiger partial charge in [-0.05, 0) is 55.8 Å². The van der Waals surface area contributed by atoms with Crippen molar-refractivity contribution in [2.75, 3.05) is 26.7 Å². The highest BCUT2D eigenvalue weighted by Gasteiger charge is 2.31. The lowest BCUT2D eigenvalue weighted by molar-refractivity contribution is 0.0462. The molecular weight excluding hydrogens is 428 g/mol. The minimum Gasteiger partial charge on any atom is -0.380 e. The van der Waals surface area contributed by atoms with Gasteiger partial charge in [0.05, 0.1) is 11.6 Å². The Kier molecular flexibility index (Phi) is 6.48. The Labute approximate surface area is 192 Å². The van der Waals surface area contributed by atoms with Gasteiger partial charge in [-0.2, -0.15) is 5.10 Å². The van der Waals surface area contributed by atoms with Gasteiger partial charge < -0.3 is 15.0 Å². The van der Waals surface area contributed by atoms with Crippen molar-refractivity contribution in [1.82, 2.24) is 20.0 Å². The van der Waals surface area contributed by atoms with E-state index in [1.807, 2.05) is 41.8 Å². The predicted molar refractivity (Wildman–Crippen MR) is 124 cm³/mol. The number of methoxy groups -OCH3 is 1. The number of likely N-dealkylation sites (tertiary alicyclic amines) is 1. The summed E-state index contributed by atoms with van der Waals surface area (Å²) in [5, 5.41) is 9.16. The quantitative estimate of drug-likeness (QED) is 0.592. The monoisotopic (exact) mass is 454 g/mol. The van der Waals surface area contributed by atoms with Gasteiger partial charge in [0.1, 0.15) is 0 Å². The van der Waals surface area contributed by atoms with Crippen molar-refractivity contribution in [2.45, 2.75) is 26.5 Å². The first kappa shape index (κ1) is 22.3. The number of hydrogen-bond donors (Lipinski definition) is 1. The van der Waals surface area contributed by atoms with Crippen molar-refractivity contribution < 1.29 is 14.3 Å². The van der Waals surface area contributed by atoms with Gasteiger partial charge in [-0.15, -0.1) is 0 Å². The molecule has 0 bridgehead atoms. The maximum atomic E-state index is 12.6. The third-order valence-electron chi connectivity index (χ3n) is 5.98. The largest absolute Gasteiger partial charge is 0.380 e. The Bertz CT molecular complexity index is 1140. The minimum absolute atomic E-state index is 0.0258. The van der Waals surface area contributed by atoms with Crippen LogP contribution in [-0.4, -0.2) is 59.3 Å². The molecule has 32 heavy (non-hydrogen) atoms. The highest BCUT2D eigenvalue weighted by Crippen LogP contribution is 2.24. The van der Waals surface area contributed by atoms with Crippen LogP contribution in [0.1, 0.15) is 33.2 Å². The van der Waals surface area contributed by atoms with E-state index in [4.69, 9.17) is 16.3 Å². The Morgan fingerprint density at radius 1 is 1.22 bits per heavy atom. The summed E-state index contributed by atoms with van der Waals surface area (Å²) in [7, 11) is 1.62. The third kappa shape index (κ3) is 4.64. The lowest BCUT2D eigenvalue weighted by atomic mass is 9.99. The molecular formula is C24H27ClN4O3. The Balaban J connectivity index is 1.38. The molecule has 0 saturated carbocycles. The number of fused-ring (bicyclic) bond motifs is 1. The molecule has 1 unspecified atom stereocenters. The number of aryl methyl sites for hydroxylation is 1. The van der Waals surface area contributed by atoms with Gasteiger partial charge in [-0.25, -0.2) is 0 Å². The SMILES string of the molecule is COC(C)CNC(=O)c1ccc2nn(CC3CN(C(=O)c4ccc(Cl)cc4)C3)cc2c1C.